The predicted octanol–water partition coefficient (Wildman–Crippen LogP) is 2.66. The zero-order valence-corrected chi connectivity index (χ0v) is 15.4. The highest BCUT2D eigenvalue weighted by atomic mass is 16.8. The molecule has 2 rings (SSSR count). The van der Waals surface area contributed by atoms with Crippen LogP contribution in [0.5, 0.6) is 0 Å². The smallest absolute Gasteiger partial charge is 0.320 e. The van der Waals surface area contributed by atoms with Crippen molar-refractivity contribution < 1.29 is 28.5 Å². The Morgan fingerprint density at radius 3 is 1.96 bits per heavy atom. The van der Waals surface area contributed by atoms with Crippen LogP contribution in [0.4, 0.5) is 0 Å². The minimum Gasteiger partial charge on any atom is -0.468 e. The van der Waals surface area contributed by atoms with E-state index in [0.29, 0.717) is 6.42 Å². The second-order valence-corrected chi connectivity index (χ2v) is 6.53. The van der Waals surface area contributed by atoms with Crippen LogP contribution in [-0.2, 0) is 28.5 Å². The highest BCUT2D eigenvalue weighted by Crippen LogP contribution is 2.40. The molecule has 1 aromatic rings. The normalized spacial score (nSPS) is 23.3. The molecule has 6 nitrogen and oxygen atoms in total. The van der Waals surface area contributed by atoms with E-state index in [-0.39, 0.29) is 12.2 Å². The first-order chi connectivity index (χ1) is 11.8. The van der Waals surface area contributed by atoms with Gasteiger partial charge in [0, 0.05) is 12.3 Å². The molecule has 0 aromatic heterocycles. The maximum atomic E-state index is 12.3. The number of benzene rings is 1. The van der Waals surface area contributed by atoms with Crippen molar-refractivity contribution in [3.05, 3.63) is 35.9 Å². The van der Waals surface area contributed by atoms with Crippen LogP contribution in [0.25, 0.3) is 0 Å². The summed E-state index contributed by atoms with van der Waals surface area (Å²) in [5.74, 6) is -3.76. The highest BCUT2D eigenvalue weighted by molar-refractivity contribution is 5.96. The molecule has 1 fully saturated rings. The van der Waals surface area contributed by atoms with Crippen molar-refractivity contribution in [3.63, 3.8) is 0 Å². The Labute approximate surface area is 148 Å². The Kier molecular flexibility index (Phi) is 6.19. The second kappa shape index (κ2) is 7.97. The van der Waals surface area contributed by atoms with Crippen LogP contribution in [0.15, 0.2) is 30.3 Å². The van der Waals surface area contributed by atoms with Gasteiger partial charge in [0.25, 0.3) is 0 Å². The van der Waals surface area contributed by atoms with Crippen molar-refractivity contribution in [2.24, 2.45) is 5.92 Å². The molecule has 138 valence electrons. The van der Waals surface area contributed by atoms with Gasteiger partial charge in [-0.15, -0.1) is 0 Å². The predicted molar refractivity (Wildman–Crippen MR) is 90.8 cm³/mol. The van der Waals surface area contributed by atoms with Crippen LogP contribution >= 0.6 is 0 Å². The van der Waals surface area contributed by atoms with Crippen molar-refractivity contribution >= 4 is 11.9 Å². The largest absolute Gasteiger partial charge is 0.468 e. The quantitative estimate of drug-likeness (QED) is 0.580. The summed E-state index contributed by atoms with van der Waals surface area (Å²) in [4.78, 5) is 24.7. The van der Waals surface area contributed by atoms with E-state index in [2.05, 4.69) is 0 Å². The van der Waals surface area contributed by atoms with E-state index < -0.39 is 29.6 Å². The standard InChI is InChI=1S/C19H26O6/c1-12-13(2)25-19(3,24-12)11-15(14-9-7-6-8-10-14)16(17(20)22-4)18(21)23-5/h6-10,12-13,15-16H,11H2,1-5H3/t12-,13-,15?/m1/s1. The third kappa shape index (κ3) is 4.38. The third-order valence-corrected chi connectivity index (χ3v) is 4.66. The molecule has 3 atom stereocenters. The Hall–Kier alpha value is -1.92. The number of rotatable bonds is 6. The van der Waals surface area contributed by atoms with E-state index in [1.54, 1.807) is 0 Å². The van der Waals surface area contributed by atoms with Crippen LogP contribution in [0.2, 0.25) is 0 Å². The Balaban J connectivity index is 2.39. The van der Waals surface area contributed by atoms with Crippen molar-refractivity contribution in [2.45, 2.75) is 51.1 Å². The Morgan fingerprint density at radius 2 is 1.52 bits per heavy atom. The van der Waals surface area contributed by atoms with Gasteiger partial charge in [-0.3, -0.25) is 9.59 Å². The molecule has 25 heavy (non-hydrogen) atoms. The lowest BCUT2D eigenvalue weighted by Gasteiger charge is -2.31. The summed E-state index contributed by atoms with van der Waals surface area (Å²) in [5.41, 5.74) is 0.823. The van der Waals surface area contributed by atoms with E-state index in [9.17, 15) is 9.59 Å². The Bertz CT molecular complexity index is 573. The first-order valence-corrected chi connectivity index (χ1v) is 8.37. The molecule has 0 N–H and O–H groups in total. The molecule has 1 heterocycles. The summed E-state index contributed by atoms with van der Waals surface area (Å²) in [6.07, 6.45) is 0.174. The van der Waals surface area contributed by atoms with Gasteiger partial charge in [-0.25, -0.2) is 0 Å². The number of esters is 2. The van der Waals surface area contributed by atoms with E-state index in [1.165, 1.54) is 14.2 Å². The lowest BCUT2D eigenvalue weighted by atomic mass is 9.81. The van der Waals surface area contributed by atoms with Crippen LogP contribution in [-0.4, -0.2) is 44.2 Å². The molecular weight excluding hydrogens is 324 g/mol. The SMILES string of the molecule is COC(=O)C(C(=O)OC)C(CC1(C)O[C@H](C)[C@@H](C)O1)c1ccccc1. The molecule has 0 amide bonds. The highest BCUT2D eigenvalue weighted by Gasteiger charge is 2.47. The van der Waals surface area contributed by atoms with E-state index in [4.69, 9.17) is 18.9 Å². The molecule has 1 aliphatic heterocycles. The zero-order chi connectivity index (χ0) is 18.6. The Morgan fingerprint density at radius 1 is 1.04 bits per heavy atom. The third-order valence-electron chi connectivity index (χ3n) is 4.66. The summed E-state index contributed by atoms with van der Waals surface area (Å²) in [6, 6.07) is 9.33. The van der Waals surface area contributed by atoms with Crippen LogP contribution in [0.3, 0.4) is 0 Å². The molecule has 0 radical (unpaired) electrons. The van der Waals surface area contributed by atoms with Gasteiger partial charge in [0.05, 0.1) is 26.4 Å². The average Bonchev–Trinajstić information content (AvgIpc) is 2.86. The first-order valence-electron chi connectivity index (χ1n) is 8.37. The molecule has 0 saturated carbocycles. The number of carbonyl (C=O) groups excluding carboxylic acids is 2. The summed E-state index contributed by atoms with van der Waals surface area (Å²) < 4.78 is 21.6. The lowest BCUT2D eigenvalue weighted by molar-refractivity contribution is -0.175. The molecular formula is C19H26O6. The fourth-order valence-electron chi connectivity index (χ4n) is 3.31. The van der Waals surface area contributed by atoms with Crippen LogP contribution < -0.4 is 0 Å². The van der Waals surface area contributed by atoms with Gasteiger partial charge in [0.2, 0.25) is 0 Å². The molecule has 0 aliphatic carbocycles. The molecule has 6 heteroatoms. The summed E-state index contributed by atoms with van der Waals surface area (Å²) >= 11 is 0. The fraction of sp³-hybridized carbons (Fsp3) is 0.579. The molecule has 0 spiro atoms. The summed E-state index contributed by atoms with van der Waals surface area (Å²) in [5, 5.41) is 0. The first kappa shape index (κ1) is 19.4. The van der Waals surface area contributed by atoms with Crippen molar-refractivity contribution in [1.82, 2.24) is 0 Å². The minimum absolute atomic E-state index is 0.0730. The van der Waals surface area contributed by atoms with Crippen LogP contribution in [0, 0.1) is 5.92 Å². The number of hydrogen-bond acceptors (Lipinski definition) is 6. The zero-order valence-electron chi connectivity index (χ0n) is 15.4. The number of ether oxygens (including phenoxy) is 4. The monoisotopic (exact) mass is 350 g/mol. The molecule has 0 bridgehead atoms. The van der Waals surface area contributed by atoms with Crippen molar-refractivity contribution in [1.29, 1.82) is 0 Å². The van der Waals surface area contributed by atoms with Gasteiger partial charge in [-0.05, 0) is 26.3 Å². The topological polar surface area (TPSA) is 71.1 Å². The molecule has 1 unspecified atom stereocenters. The number of carbonyl (C=O) groups is 2. The van der Waals surface area contributed by atoms with Crippen molar-refractivity contribution in [3.8, 4) is 0 Å². The van der Waals surface area contributed by atoms with Gasteiger partial charge < -0.3 is 18.9 Å². The van der Waals surface area contributed by atoms with Gasteiger partial charge in [-0.2, -0.15) is 0 Å². The molecule has 1 saturated heterocycles. The number of methoxy groups -OCH3 is 2. The average molecular weight is 350 g/mol. The minimum atomic E-state index is -1.09. The maximum Gasteiger partial charge on any atom is 0.320 e. The van der Waals surface area contributed by atoms with Gasteiger partial charge in [0.15, 0.2) is 11.7 Å². The number of hydrogen-bond donors (Lipinski definition) is 0. The van der Waals surface area contributed by atoms with Gasteiger partial charge >= 0.3 is 11.9 Å². The summed E-state index contributed by atoms with van der Waals surface area (Å²) in [7, 11) is 2.52. The van der Waals surface area contributed by atoms with E-state index in [0.717, 1.165) is 5.56 Å². The summed E-state index contributed by atoms with van der Waals surface area (Å²) in [6.45, 7) is 5.70. The second-order valence-electron chi connectivity index (χ2n) is 6.53. The fourth-order valence-corrected chi connectivity index (χ4v) is 3.31. The lowest BCUT2D eigenvalue weighted by Crippen LogP contribution is -2.38. The van der Waals surface area contributed by atoms with Gasteiger partial charge in [-0.1, -0.05) is 30.3 Å². The molecule has 1 aromatic carbocycles. The van der Waals surface area contributed by atoms with Gasteiger partial charge in [0.1, 0.15) is 0 Å². The van der Waals surface area contributed by atoms with E-state index in [1.807, 2.05) is 51.1 Å². The van der Waals surface area contributed by atoms with E-state index >= 15 is 0 Å². The molecule has 1 aliphatic rings. The van der Waals surface area contributed by atoms with Crippen molar-refractivity contribution in [2.75, 3.05) is 14.2 Å². The van der Waals surface area contributed by atoms with Crippen LogP contribution in [0.1, 0.15) is 38.7 Å². The maximum absolute atomic E-state index is 12.3.